The van der Waals surface area contributed by atoms with Crippen molar-refractivity contribution in [2.24, 2.45) is 0 Å². The Hall–Kier alpha value is -1.76. The van der Waals surface area contributed by atoms with Crippen LogP contribution in [0.1, 0.15) is 31.2 Å². The van der Waals surface area contributed by atoms with Gasteiger partial charge in [-0.1, -0.05) is 12.1 Å². The van der Waals surface area contributed by atoms with Crippen LogP contribution in [0.2, 0.25) is 0 Å². The molecular weight excluding hydrogens is 423 g/mol. The molecule has 10 heteroatoms. The van der Waals surface area contributed by atoms with Crippen LogP contribution in [0, 0.1) is 12.3 Å². The van der Waals surface area contributed by atoms with E-state index in [-0.39, 0.29) is 25.0 Å². The summed E-state index contributed by atoms with van der Waals surface area (Å²) in [5, 5.41) is 36.0. The molecule has 0 radical (unpaired) electrons. The van der Waals surface area contributed by atoms with Gasteiger partial charge < -0.3 is 40.5 Å². The number of rotatable bonds is 10. The van der Waals surface area contributed by atoms with Crippen LogP contribution in [0.15, 0.2) is 24.3 Å². The molecule has 3 unspecified atom stereocenters. The summed E-state index contributed by atoms with van der Waals surface area (Å²) in [6, 6.07) is 6.66. The van der Waals surface area contributed by atoms with Crippen molar-refractivity contribution in [3.05, 3.63) is 29.8 Å². The summed E-state index contributed by atoms with van der Waals surface area (Å²) in [5.41, 5.74) is 1.40. The topological polar surface area (TPSA) is 152 Å². The largest absolute Gasteiger partial charge is 0.388 e. The van der Waals surface area contributed by atoms with Crippen molar-refractivity contribution in [2.45, 2.75) is 62.6 Å². The fraction of sp³-hybridized carbons (Fsp3) is 0.571. The van der Waals surface area contributed by atoms with Gasteiger partial charge in [-0.25, -0.2) is 4.79 Å². The lowest BCUT2D eigenvalue weighted by Crippen LogP contribution is -2.58. The Morgan fingerprint density at radius 1 is 1.06 bits per heavy atom. The van der Waals surface area contributed by atoms with Gasteiger partial charge in [0.1, 0.15) is 18.3 Å². The monoisotopic (exact) mass is 454 g/mol. The van der Waals surface area contributed by atoms with Crippen molar-refractivity contribution in [1.82, 2.24) is 5.32 Å². The van der Waals surface area contributed by atoms with Gasteiger partial charge >= 0.3 is 6.03 Å². The van der Waals surface area contributed by atoms with Crippen LogP contribution < -0.4 is 10.6 Å². The number of aliphatic hydroxyl groups excluding tert-OH is 3. The molecule has 0 saturated carbocycles. The summed E-state index contributed by atoms with van der Waals surface area (Å²) in [6.07, 6.45) is 2.44. The molecule has 31 heavy (non-hydrogen) atoms. The minimum absolute atomic E-state index is 0.0406. The second kappa shape index (κ2) is 12.9. The van der Waals surface area contributed by atoms with Crippen LogP contribution in [0.5, 0.6) is 0 Å². The highest BCUT2D eigenvalue weighted by Gasteiger charge is 2.43. The van der Waals surface area contributed by atoms with Gasteiger partial charge in [-0.05, 0) is 37.0 Å². The number of unbranched alkanes of at least 4 members (excludes halogenated alkanes) is 2. The van der Waals surface area contributed by atoms with Gasteiger partial charge in [-0.15, -0.1) is 12.3 Å². The van der Waals surface area contributed by atoms with Crippen molar-refractivity contribution in [2.75, 3.05) is 18.0 Å². The van der Waals surface area contributed by atoms with Gasteiger partial charge in [0, 0.05) is 31.2 Å². The third-order valence-electron chi connectivity index (χ3n) is 5.11. The zero-order valence-electron chi connectivity index (χ0n) is 17.2. The Bertz CT molecular complexity index is 725. The minimum Gasteiger partial charge on any atom is -0.388 e. The molecule has 1 saturated heterocycles. The number of amides is 2. The molecule has 1 heterocycles. The number of anilines is 1. The summed E-state index contributed by atoms with van der Waals surface area (Å²) in [6.45, 7) is 0.534. The number of carbonyl (C=O) groups is 1. The molecule has 0 aromatic heterocycles. The SMILES string of the molecule is C#CCCCCNC(=O)Nc1ccc(C[C@H]2OC(CCP(O)O)[C@@H](O)C(O)C2O)cc1. The van der Waals surface area contributed by atoms with Crippen LogP contribution >= 0.6 is 8.38 Å². The Kier molecular flexibility index (Phi) is 10.6. The molecular formula is C21H31N2O7P. The highest BCUT2D eigenvalue weighted by atomic mass is 31.2. The van der Waals surface area contributed by atoms with Gasteiger partial charge in [0.15, 0.2) is 8.38 Å². The summed E-state index contributed by atoms with van der Waals surface area (Å²) in [5.74, 6) is 2.55. The predicted molar refractivity (Wildman–Crippen MR) is 117 cm³/mol. The van der Waals surface area contributed by atoms with Crippen LogP contribution in [0.25, 0.3) is 0 Å². The van der Waals surface area contributed by atoms with E-state index < -0.39 is 38.9 Å². The van der Waals surface area contributed by atoms with Gasteiger partial charge in [0.05, 0.1) is 12.2 Å². The van der Waals surface area contributed by atoms with Crippen molar-refractivity contribution < 1.29 is 34.6 Å². The Morgan fingerprint density at radius 3 is 2.39 bits per heavy atom. The smallest absolute Gasteiger partial charge is 0.319 e. The summed E-state index contributed by atoms with van der Waals surface area (Å²) >= 11 is 0. The van der Waals surface area contributed by atoms with E-state index in [0.29, 0.717) is 18.7 Å². The molecule has 1 aromatic carbocycles. The molecule has 2 amide bonds. The molecule has 0 spiro atoms. The normalized spacial score (nSPS) is 25.8. The summed E-state index contributed by atoms with van der Waals surface area (Å²) in [4.78, 5) is 30.1. The summed E-state index contributed by atoms with van der Waals surface area (Å²) in [7, 11) is -2.13. The number of urea groups is 1. The standard InChI is InChI=1S/C21H31N2O7P/c1-2-3-4-5-11-22-21(27)23-15-8-6-14(7-9-15)13-17-19(25)20(26)18(24)16(30-17)10-12-31(28)29/h1,6-9,16-20,24-26,28-29H,3-5,10-13H2,(H2,22,23,27)/t16?,17-,18-,19?,20?/m1/s1. The number of hydrogen-bond donors (Lipinski definition) is 7. The summed E-state index contributed by atoms with van der Waals surface area (Å²) < 4.78 is 5.74. The van der Waals surface area contributed by atoms with E-state index in [1.54, 1.807) is 24.3 Å². The Morgan fingerprint density at radius 2 is 1.74 bits per heavy atom. The molecule has 1 aliphatic rings. The molecule has 0 aliphatic carbocycles. The molecule has 0 bridgehead atoms. The predicted octanol–water partition coefficient (Wildman–Crippen LogP) is 0.691. The average molecular weight is 454 g/mol. The zero-order valence-corrected chi connectivity index (χ0v) is 18.1. The fourth-order valence-corrected chi connectivity index (χ4v) is 3.85. The highest BCUT2D eigenvalue weighted by molar-refractivity contribution is 7.45. The van der Waals surface area contributed by atoms with E-state index in [0.717, 1.165) is 18.4 Å². The third-order valence-corrected chi connectivity index (χ3v) is 5.77. The number of aliphatic hydroxyl groups is 3. The first-order valence-corrected chi connectivity index (χ1v) is 11.7. The number of carbonyl (C=O) groups excluding carboxylic acids is 1. The lowest BCUT2D eigenvalue weighted by Gasteiger charge is -2.41. The first-order chi connectivity index (χ1) is 14.8. The zero-order chi connectivity index (χ0) is 22.8. The van der Waals surface area contributed by atoms with Crippen LogP contribution in [-0.4, -0.2) is 74.4 Å². The maximum absolute atomic E-state index is 11.9. The lowest BCUT2D eigenvalue weighted by atomic mass is 9.90. The van der Waals surface area contributed by atoms with Crippen LogP contribution in [0.3, 0.4) is 0 Å². The lowest BCUT2D eigenvalue weighted by molar-refractivity contribution is -0.221. The molecule has 1 aliphatic heterocycles. The molecule has 7 N–H and O–H groups in total. The maximum atomic E-state index is 11.9. The number of nitrogens with one attached hydrogen (secondary N) is 2. The second-order valence-corrected chi connectivity index (χ2v) is 8.70. The van der Waals surface area contributed by atoms with E-state index in [9.17, 15) is 20.1 Å². The maximum Gasteiger partial charge on any atom is 0.319 e. The highest BCUT2D eigenvalue weighted by Crippen LogP contribution is 2.30. The Labute approximate surface area is 183 Å². The van der Waals surface area contributed by atoms with Crippen molar-refractivity contribution >= 4 is 20.1 Å². The van der Waals surface area contributed by atoms with Gasteiger partial charge in [0.2, 0.25) is 0 Å². The second-order valence-electron chi connectivity index (χ2n) is 7.51. The van der Waals surface area contributed by atoms with Gasteiger partial charge in [-0.2, -0.15) is 0 Å². The fourth-order valence-electron chi connectivity index (χ4n) is 3.36. The van der Waals surface area contributed by atoms with E-state index in [1.807, 2.05) is 0 Å². The van der Waals surface area contributed by atoms with E-state index in [4.69, 9.17) is 20.9 Å². The minimum atomic E-state index is -2.13. The molecule has 2 rings (SSSR count). The molecule has 1 aromatic rings. The number of terminal acetylenes is 1. The average Bonchev–Trinajstić information content (AvgIpc) is 2.74. The molecule has 1 fully saturated rings. The third kappa shape index (κ3) is 8.36. The van der Waals surface area contributed by atoms with Crippen LogP contribution in [0.4, 0.5) is 10.5 Å². The molecule has 5 atom stereocenters. The van der Waals surface area contributed by atoms with Crippen molar-refractivity contribution in [3.63, 3.8) is 0 Å². The number of benzene rings is 1. The van der Waals surface area contributed by atoms with Crippen molar-refractivity contribution in [1.29, 1.82) is 0 Å². The quantitative estimate of drug-likeness (QED) is 0.156. The van der Waals surface area contributed by atoms with Crippen LogP contribution in [-0.2, 0) is 11.2 Å². The van der Waals surface area contributed by atoms with Gasteiger partial charge in [-0.3, -0.25) is 0 Å². The van der Waals surface area contributed by atoms with E-state index in [1.165, 1.54) is 0 Å². The Balaban J connectivity index is 1.86. The molecule has 172 valence electrons. The van der Waals surface area contributed by atoms with Crippen molar-refractivity contribution in [3.8, 4) is 12.3 Å². The first kappa shape index (κ1) is 25.5. The number of hydrogen-bond acceptors (Lipinski definition) is 7. The van der Waals surface area contributed by atoms with Gasteiger partial charge in [0.25, 0.3) is 0 Å². The number of ether oxygens (including phenoxy) is 1. The van der Waals surface area contributed by atoms with E-state index >= 15 is 0 Å². The first-order valence-electron chi connectivity index (χ1n) is 10.2. The van der Waals surface area contributed by atoms with E-state index in [2.05, 4.69) is 16.6 Å². The molecule has 9 nitrogen and oxygen atoms in total.